The largest absolute Gasteiger partial charge is 0.495 e. The Kier molecular flexibility index (Phi) is 6.73. The van der Waals surface area contributed by atoms with E-state index in [1.54, 1.807) is 48.5 Å². The summed E-state index contributed by atoms with van der Waals surface area (Å²) >= 11 is 11.5. The Morgan fingerprint density at radius 2 is 1.89 bits per heavy atom. The first-order valence-corrected chi connectivity index (χ1v) is 11.8. The molecule has 1 amide bonds. The monoisotopic (exact) mass is 548 g/mol. The number of anilines is 1. The highest BCUT2D eigenvalue weighted by atomic mass is 35.5. The number of rotatable bonds is 6. The Hall–Kier alpha value is -4.81. The van der Waals surface area contributed by atoms with Crippen LogP contribution in [0.5, 0.6) is 5.75 Å². The van der Waals surface area contributed by atoms with Gasteiger partial charge in [-0.2, -0.15) is 4.80 Å². The number of thiocarbonyl (C=S) groups is 1. The van der Waals surface area contributed by atoms with Crippen LogP contribution in [0.15, 0.2) is 77.2 Å². The van der Waals surface area contributed by atoms with Gasteiger partial charge in [0.2, 0.25) is 0 Å². The molecule has 13 heteroatoms. The second-order valence-corrected chi connectivity index (χ2v) is 8.71. The van der Waals surface area contributed by atoms with Crippen molar-refractivity contribution in [3.05, 3.63) is 93.7 Å². The van der Waals surface area contributed by atoms with E-state index in [0.29, 0.717) is 44.5 Å². The van der Waals surface area contributed by atoms with Gasteiger partial charge in [0.05, 0.1) is 22.7 Å². The van der Waals surface area contributed by atoms with Crippen molar-refractivity contribution in [2.75, 3.05) is 12.4 Å². The lowest BCUT2D eigenvalue weighted by Gasteiger charge is -2.08. The Bertz CT molecular complexity index is 1720. The molecule has 0 bridgehead atoms. The van der Waals surface area contributed by atoms with Gasteiger partial charge in [0.25, 0.3) is 11.6 Å². The molecule has 0 saturated heterocycles. The summed E-state index contributed by atoms with van der Waals surface area (Å²) in [5, 5.41) is 25.9. The van der Waals surface area contributed by atoms with Crippen molar-refractivity contribution in [2.45, 2.75) is 0 Å². The number of hydrogen-bond donors (Lipinski definition) is 2. The van der Waals surface area contributed by atoms with Crippen LogP contribution in [0.1, 0.15) is 10.6 Å². The third-order valence-corrected chi connectivity index (χ3v) is 5.90. The van der Waals surface area contributed by atoms with E-state index >= 15 is 0 Å². The van der Waals surface area contributed by atoms with E-state index in [-0.39, 0.29) is 16.6 Å². The van der Waals surface area contributed by atoms with Gasteiger partial charge in [-0.3, -0.25) is 20.2 Å². The summed E-state index contributed by atoms with van der Waals surface area (Å²) in [7, 11) is 1.54. The van der Waals surface area contributed by atoms with E-state index in [4.69, 9.17) is 33.0 Å². The average molecular weight is 549 g/mol. The predicted octanol–water partition coefficient (Wildman–Crippen LogP) is 5.38. The maximum absolute atomic E-state index is 12.6. The molecular formula is C25H17ClN6O5S. The molecule has 0 unspecified atom stereocenters. The van der Waals surface area contributed by atoms with Gasteiger partial charge in [-0.05, 0) is 60.7 Å². The number of carbonyl (C=O) groups excluding carboxylic acids is 1. The standard InChI is InChI=1S/C25H17ClN6O5S/c1-36-22-8-6-16(13-18(22)26)31-29-19-7-5-15(12-20(19)30-31)27-25(38)28-24(33)23-10-9-21(37-23)14-3-2-4-17(11-14)32(34)35/h2-13H,1H3,(H2,27,28,33,38). The number of amides is 1. The van der Waals surface area contributed by atoms with E-state index in [2.05, 4.69) is 20.8 Å². The molecule has 5 aromatic rings. The van der Waals surface area contributed by atoms with Crippen molar-refractivity contribution in [2.24, 2.45) is 0 Å². The van der Waals surface area contributed by atoms with Crippen molar-refractivity contribution in [3.63, 3.8) is 0 Å². The van der Waals surface area contributed by atoms with Gasteiger partial charge in [0.1, 0.15) is 22.5 Å². The molecule has 5 rings (SSSR count). The van der Waals surface area contributed by atoms with Gasteiger partial charge in [-0.25, -0.2) is 0 Å². The van der Waals surface area contributed by atoms with Gasteiger partial charge in [0.15, 0.2) is 10.9 Å². The van der Waals surface area contributed by atoms with Crippen molar-refractivity contribution in [1.82, 2.24) is 20.3 Å². The third kappa shape index (κ3) is 5.16. The van der Waals surface area contributed by atoms with Crippen LogP contribution in [0.25, 0.3) is 28.0 Å². The molecule has 2 aromatic heterocycles. The minimum absolute atomic E-state index is 0.00722. The fourth-order valence-corrected chi connectivity index (χ4v) is 4.06. The lowest BCUT2D eigenvalue weighted by molar-refractivity contribution is -0.384. The number of hydrogen-bond acceptors (Lipinski definition) is 8. The van der Waals surface area contributed by atoms with Crippen molar-refractivity contribution >= 4 is 57.2 Å². The molecule has 0 aliphatic rings. The van der Waals surface area contributed by atoms with Crippen molar-refractivity contribution in [3.8, 4) is 22.8 Å². The second kappa shape index (κ2) is 10.3. The zero-order valence-corrected chi connectivity index (χ0v) is 21.1. The van der Waals surface area contributed by atoms with Gasteiger partial charge >= 0.3 is 0 Å². The predicted molar refractivity (Wildman–Crippen MR) is 145 cm³/mol. The Balaban J connectivity index is 1.26. The number of aromatic nitrogens is 3. The number of nitrogens with zero attached hydrogens (tertiary/aromatic N) is 4. The molecule has 2 N–H and O–H groups in total. The Morgan fingerprint density at radius 1 is 1.08 bits per heavy atom. The second-order valence-electron chi connectivity index (χ2n) is 7.89. The van der Waals surface area contributed by atoms with Gasteiger partial charge < -0.3 is 14.5 Å². The smallest absolute Gasteiger partial charge is 0.293 e. The maximum atomic E-state index is 12.6. The summed E-state index contributed by atoms with van der Waals surface area (Å²) in [5.41, 5.74) is 2.86. The van der Waals surface area contributed by atoms with Crippen LogP contribution < -0.4 is 15.4 Å². The molecule has 0 saturated carbocycles. The van der Waals surface area contributed by atoms with Crippen molar-refractivity contribution in [1.29, 1.82) is 0 Å². The minimum atomic E-state index is -0.581. The van der Waals surface area contributed by atoms with Crippen LogP contribution >= 0.6 is 23.8 Å². The first kappa shape index (κ1) is 24.9. The molecule has 0 radical (unpaired) electrons. The maximum Gasteiger partial charge on any atom is 0.293 e. The minimum Gasteiger partial charge on any atom is -0.495 e. The molecule has 0 aliphatic carbocycles. The number of nitro benzene ring substituents is 1. The van der Waals surface area contributed by atoms with Crippen LogP contribution in [0, 0.1) is 10.1 Å². The van der Waals surface area contributed by atoms with E-state index in [9.17, 15) is 14.9 Å². The summed E-state index contributed by atoms with van der Waals surface area (Å²) in [6, 6.07) is 19.4. The highest BCUT2D eigenvalue weighted by Crippen LogP contribution is 2.27. The molecule has 0 fully saturated rings. The zero-order chi connectivity index (χ0) is 26.8. The molecule has 2 heterocycles. The molecule has 38 heavy (non-hydrogen) atoms. The number of non-ortho nitro benzene ring substituents is 1. The van der Waals surface area contributed by atoms with E-state index in [1.807, 2.05) is 0 Å². The molecule has 3 aromatic carbocycles. The number of halogens is 1. The molecule has 0 atom stereocenters. The number of furan rings is 1. The van der Waals surface area contributed by atoms with Crippen LogP contribution in [-0.4, -0.2) is 38.0 Å². The third-order valence-electron chi connectivity index (χ3n) is 5.40. The topological polar surface area (TPSA) is 137 Å². The lowest BCUT2D eigenvalue weighted by atomic mass is 10.1. The normalized spacial score (nSPS) is 10.8. The van der Waals surface area contributed by atoms with E-state index < -0.39 is 10.8 Å². The fourth-order valence-electron chi connectivity index (χ4n) is 3.60. The first-order valence-electron chi connectivity index (χ1n) is 11.0. The quantitative estimate of drug-likeness (QED) is 0.163. The first-order chi connectivity index (χ1) is 18.3. The summed E-state index contributed by atoms with van der Waals surface area (Å²) in [6.45, 7) is 0. The van der Waals surface area contributed by atoms with Crippen LogP contribution in [-0.2, 0) is 0 Å². The van der Waals surface area contributed by atoms with Crippen molar-refractivity contribution < 1.29 is 18.9 Å². The van der Waals surface area contributed by atoms with Crippen LogP contribution in [0.4, 0.5) is 11.4 Å². The van der Waals surface area contributed by atoms with Gasteiger partial charge in [-0.15, -0.1) is 10.2 Å². The highest BCUT2D eigenvalue weighted by molar-refractivity contribution is 7.80. The Labute approximate surface area is 225 Å². The SMILES string of the molecule is COc1ccc(-n2nc3ccc(NC(=S)NC(=O)c4ccc(-c5cccc([N+](=O)[O-])c5)o4)cc3n2)cc1Cl. The molecule has 0 aliphatic heterocycles. The molecule has 11 nitrogen and oxygen atoms in total. The number of methoxy groups -OCH3 is 1. The van der Waals surface area contributed by atoms with Gasteiger partial charge in [0, 0.05) is 23.4 Å². The highest BCUT2D eigenvalue weighted by Gasteiger charge is 2.16. The number of nitro groups is 1. The molecule has 190 valence electrons. The zero-order valence-electron chi connectivity index (χ0n) is 19.5. The summed E-state index contributed by atoms with van der Waals surface area (Å²) < 4.78 is 10.8. The van der Waals surface area contributed by atoms with E-state index in [0.717, 1.165) is 0 Å². The summed E-state index contributed by atoms with van der Waals surface area (Å²) in [5.74, 6) is 0.267. The Morgan fingerprint density at radius 3 is 2.66 bits per heavy atom. The number of fused-ring (bicyclic) bond motifs is 1. The van der Waals surface area contributed by atoms with Crippen LogP contribution in [0.2, 0.25) is 5.02 Å². The molecule has 0 spiro atoms. The number of nitrogens with one attached hydrogen (secondary N) is 2. The number of carbonyl (C=O) groups is 1. The number of ether oxygens (including phenoxy) is 1. The number of benzene rings is 3. The van der Waals surface area contributed by atoms with E-state index in [1.165, 1.54) is 36.2 Å². The van der Waals surface area contributed by atoms with Crippen LogP contribution in [0.3, 0.4) is 0 Å². The summed E-state index contributed by atoms with van der Waals surface area (Å²) in [6.07, 6.45) is 0. The lowest BCUT2D eigenvalue weighted by Crippen LogP contribution is -2.33. The fraction of sp³-hybridized carbons (Fsp3) is 0.0400. The molecular weight excluding hydrogens is 532 g/mol. The summed E-state index contributed by atoms with van der Waals surface area (Å²) in [4.78, 5) is 24.6. The van der Waals surface area contributed by atoms with Gasteiger partial charge in [-0.1, -0.05) is 23.7 Å². The average Bonchev–Trinajstić information content (AvgIpc) is 3.56.